The average molecular weight is 482 g/mol. The van der Waals surface area contributed by atoms with E-state index in [2.05, 4.69) is 15.4 Å². The Morgan fingerprint density at radius 1 is 0.912 bits per heavy atom. The van der Waals surface area contributed by atoms with Crippen LogP contribution in [0.2, 0.25) is 0 Å². The Balaban J connectivity index is 1.44. The van der Waals surface area contributed by atoms with Gasteiger partial charge in [-0.15, -0.1) is 0 Å². The molecular weight excluding hydrogens is 457 g/mol. The van der Waals surface area contributed by atoms with Crippen LogP contribution in [0.3, 0.4) is 0 Å². The van der Waals surface area contributed by atoms with E-state index in [9.17, 15) is 22.4 Å². The smallest absolute Gasteiger partial charge is 0.255 e. The fraction of sp³-hybridized carbons (Fsp3) is 0.120. The standard InChI is InChI=1S/C25H24FN3O4S/c26-22-10-5-9-21(17-22)25(31)29-23-11-4-8-20(16-23)18-27-24(30)12-14-28-34(32,33)15-13-19-6-2-1-3-7-19/h1-11,13,15-17,28H,12,14,18H2,(H,27,30)(H,29,31)/b15-13+. The summed E-state index contributed by atoms with van der Waals surface area (Å²) in [5.41, 5.74) is 2.18. The minimum Gasteiger partial charge on any atom is -0.352 e. The highest BCUT2D eigenvalue weighted by molar-refractivity contribution is 7.92. The summed E-state index contributed by atoms with van der Waals surface area (Å²) in [6.45, 7) is 0.153. The lowest BCUT2D eigenvalue weighted by Crippen LogP contribution is -2.29. The Bertz CT molecular complexity index is 1280. The van der Waals surface area contributed by atoms with Gasteiger partial charge < -0.3 is 10.6 Å². The maximum atomic E-state index is 13.3. The summed E-state index contributed by atoms with van der Waals surface area (Å²) in [6, 6.07) is 21.2. The SMILES string of the molecule is O=C(CCNS(=O)(=O)/C=C/c1ccccc1)NCc1cccc(NC(=O)c2cccc(F)c2)c1. The third-order valence-corrected chi connectivity index (χ3v) is 5.76. The molecule has 0 spiro atoms. The van der Waals surface area contributed by atoms with Crippen molar-refractivity contribution in [1.82, 2.24) is 10.0 Å². The van der Waals surface area contributed by atoms with Gasteiger partial charge in [0.2, 0.25) is 15.9 Å². The Morgan fingerprint density at radius 2 is 1.68 bits per heavy atom. The number of halogens is 1. The minimum atomic E-state index is -3.66. The van der Waals surface area contributed by atoms with Gasteiger partial charge >= 0.3 is 0 Å². The van der Waals surface area contributed by atoms with Gasteiger partial charge in [-0.3, -0.25) is 9.59 Å². The van der Waals surface area contributed by atoms with E-state index in [-0.39, 0.29) is 31.0 Å². The first-order valence-corrected chi connectivity index (χ1v) is 12.0. The van der Waals surface area contributed by atoms with E-state index >= 15 is 0 Å². The van der Waals surface area contributed by atoms with E-state index in [0.29, 0.717) is 5.69 Å². The second-order valence-corrected chi connectivity index (χ2v) is 9.00. The van der Waals surface area contributed by atoms with Gasteiger partial charge in [-0.05, 0) is 47.5 Å². The predicted octanol–water partition coefficient (Wildman–Crippen LogP) is 3.67. The van der Waals surface area contributed by atoms with Crippen molar-refractivity contribution in [3.8, 4) is 0 Å². The number of carbonyl (C=O) groups excluding carboxylic acids is 2. The molecule has 0 aliphatic carbocycles. The van der Waals surface area contributed by atoms with Crippen molar-refractivity contribution in [2.45, 2.75) is 13.0 Å². The Morgan fingerprint density at radius 3 is 2.44 bits per heavy atom. The van der Waals surface area contributed by atoms with E-state index in [4.69, 9.17) is 0 Å². The Kier molecular flexibility index (Phi) is 8.66. The highest BCUT2D eigenvalue weighted by Gasteiger charge is 2.09. The zero-order valence-corrected chi connectivity index (χ0v) is 19.0. The summed E-state index contributed by atoms with van der Waals surface area (Å²) >= 11 is 0. The van der Waals surface area contributed by atoms with E-state index in [1.165, 1.54) is 24.3 Å². The molecule has 0 bridgehead atoms. The molecule has 0 heterocycles. The fourth-order valence-corrected chi connectivity index (χ4v) is 3.79. The van der Waals surface area contributed by atoms with Crippen LogP contribution < -0.4 is 15.4 Å². The number of benzene rings is 3. The summed E-state index contributed by atoms with van der Waals surface area (Å²) in [6.07, 6.45) is 1.44. The van der Waals surface area contributed by atoms with Gasteiger partial charge in [-0.2, -0.15) is 0 Å². The van der Waals surface area contributed by atoms with Crippen LogP contribution in [-0.2, 0) is 21.4 Å². The first kappa shape index (κ1) is 24.8. The molecule has 3 rings (SSSR count). The molecular formula is C25H24FN3O4S. The predicted molar refractivity (Wildman–Crippen MR) is 130 cm³/mol. The second kappa shape index (κ2) is 11.9. The lowest BCUT2D eigenvalue weighted by molar-refractivity contribution is -0.121. The molecule has 34 heavy (non-hydrogen) atoms. The van der Waals surface area contributed by atoms with Gasteiger partial charge in [0.15, 0.2) is 0 Å². The molecule has 0 saturated carbocycles. The number of rotatable bonds is 10. The summed E-state index contributed by atoms with van der Waals surface area (Å²) in [4.78, 5) is 24.4. The maximum absolute atomic E-state index is 13.3. The monoisotopic (exact) mass is 481 g/mol. The zero-order valence-electron chi connectivity index (χ0n) is 18.2. The number of nitrogens with one attached hydrogen (secondary N) is 3. The second-order valence-electron chi connectivity index (χ2n) is 7.34. The topological polar surface area (TPSA) is 104 Å². The van der Waals surface area contributed by atoms with Crippen molar-refractivity contribution in [3.05, 3.63) is 107 Å². The van der Waals surface area contributed by atoms with Crippen molar-refractivity contribution in [2.24, 2.45) is 0 Å². The molecule has 3 aromatic rings. The first-order chi connectivity index (χ1) is 16.3. The Labute approximate surface area is 197 Å². The number of hydrogen-bond acceptors (Lipinski definition) is 4. The van der Waals surface area contributed by atoms with Crippen molar-refractivity contribution < 1.29 is 22.4 Å². The van der Waals surface area contributed by atoms with Gasteiger partial charge in [0, 0.05) is 36.2 Å². The third kappa shape index (κ3) is 8.27. The number of amides is 2. The number of hydrogen-bond donors (Lipinski definition) is 3. The Hall–Kier alpha value is -3.82. The van der Waals surface area contributed by atoms with Crippen molar-refractivity contribution in [3.63, 3.8) is 0 Å². The van der Waals surface area contributed by atoms with Gasteiger partial charge in [0.05, 0.1) is 0 Å². The normalized spacial score (nSPS) is 11.3. The van der Waals surface area contributed by atoms with Gasteiger partial charge in [0.1, 0.15) is 5.82 Å². The van der Waals surface area contributed by atoms with Gasteiger partial charge in [-0.25, -0.2) is 17.5 Å². The number of sulfonamides is 1. The zero-order chi connectivity index (χ0) is 24.4. The summed E-state index contributed by atoms with van der Waals surface area (Å²) < 4.78 is 39.7. The molecule has 0 radical (unpaired) electrons. The molecule has 9 heteroatoms. The molecule has 7 nitrogen and oxygen atoms in total. The summed E-state index contributed by atoms with van der Waals surface area (Å²) in [7, 11) is -3.66. The highest BCUT2D eigenvalue weighted by atomic mass is 32.2. The first-order valence-electron chi connectivity index (χ1n) is 10.5. The van der Waals surface area contributed by atoms with E-state index < -0.39 is 21.7 Å². The maximum Gasteiger partial charge on any atom is 0.255 e. The molecule has 0 fully saturated rings. The average Bonchev–Trinajstić information content (AvgIpc) is 2.82. The van der Waals surface area contributed by atoms with Gasteiger partial charge in [-0.1, -0.05) is 48.5 Å². The molecule has 0 atom stereocenters. The lowest BCUT2D eigenvalue weighted by atomic mass is 10.1. The van der Waals surface area contributed by atoms with Crippen LogP contribution in [0.15, 0.2) is 84.3 Å². The minimum absolute atomic E-state index is 0.0333. The molecule has 0 aromatic heterocycles. The van der Waals surface area contributed by atoms with Crippen LogP contribution in [0, 0.1) is 5.82 Å². The molecule has 0 aliphatic heterocycles. The molecule has 176 valence electrons. The quantitative estimate of drug-likeness (QED) is 0.411. The third-order valence-electron chi connectivity index (χ3n) is 4.66. The number of anilines is 1. The summed E-state index contributed by atoms with van der Waals surface area (Å²) in [5, 5.41) is 6.45. The largest absolute Gasteiger partial charge is 0.352 e. The molecule has 3 aromatic carbocycles. The summed E-state index contributed by atoms with van der Waals surface area (Å²) in [5.74, 6) is -1.28. The van der Waals surface area contributed by atoms with E-state index in [1.807, 2.05) is 6.07 Å². The van der Waals surface area contributed by atoms with Crippen molar-refractivity contribution in [2.75, 3.05) is 11.9 Å². The van der Waals surface area contributed by atoms with Crippen molar-refractivity contribution in [1.29, 1.82) is 0 Å². The molecule has 3 N–H and O–H groups in total. The fourth-order valence-electron chi connectivity index (χ4n) is 2.97. The number of carbonyl (C=O) groups is 2. The molecule has 0 unspecified atom stereocenters. The van der Waals surface area contributed by atoms with Crippen LogP contribution in [-0.4, -0.2) is 26.8 Å². The van der Waals surface area contributed by atoms with Crippen LogP contribution in [0.25, 0.3) is 6.08 Å². The van der Waals surface area contributed by atoms with Crippen LogP contribution in [0.5, 0.6) is 0 Å². The van der Waals surface area contributed by atoms with E-state index in [0.717, 1.165) is 22.6 Å². The molecule has 2 amide bonds. The molecule has 0 saturated heterocycles. The van der Waals surface area contributed by atoms with Gasteiger partial charge in [0.25, 0.3) is 5.91 Å². The van der Waals surface area contributed by atoms with Crippen LogP contribution in [0.4, 0.5) is 10.1 Å². The lowest BCUT2D eigenvalue weighted by Gasteiger charge is -2.09. The molecule has 0 aliphatic rings. The van der Waals surface area contributed by atoms with E-state index in [1.54, 1.807) is 48.5 Å². The highest BCUT2D eigenvalue weighted by Crippen LogP contribution is 2.13. The van der Waals surface area contributed by atoms with Crippen molar-refractivity contribution >= 4 is 33.6 Å². The van der Waals surface area contributed by atoms with Crippen LogP contribution >= 0.6 is 0 Å². The van der Waals surface area contributed by atoms with Crippen LogP contribution in [0.1, 0.15) is 27.9 Å².